The Hall–Kier alpha value is -3.03. The van der Waals surface area contributed by atoms with Gasteiger partial charge in [0, 0.05) is 7.05 Å². The van der Waals surface area contributed by atoms with E-state index in [0.717, 1.165) is 0 Å². The van der Waals surface area contributed by atoms with Gasteiger partial charge in [-0.1, -0.05) is 0 Å². The highest BCUT2D eigenvalue weighted by Crippen LogP contribution is 2.15. The standard InChI is InChI=1S/C19H24FN3O4/c1-12(26-15-7-5-14(20)6-8-15)10-22-19(21-3)23-11-16-9-17(13(2)27-16)18(24)25-4/h5-9,12H,10-11H2,1-4H3,(H2,21,22,23). The zero-order valence-corrected chi connectivity index (χ0v) is 15.8. The van der Waals surface area contributed by atoms with Crippen LogP contribution in [0.3, 0.4) is 0 Å². The largest absolute Gasteiger partial charge is 0.489 e. The Bertz CT molecular complexity index is 787. The number of methoxy groups -OCH3 is 1. The molecule has 0 spiro atoms. The van der Waals surface area contributed by atoms with Crippen LogP contribution in [0.2, 0.25) is 0 Å². The number of esters is 1. The second-order valence-electron chi connectivity index (χ2n) is 5.86. The van der Waals surface area contributed by atoms with Crippen LogP contribution in [0.25, 0.3) is 0 Å². The van der Waals surface area contributed by atoms with Gasteiger partial charge < -0.3 is 24.5 Å². The molecule has 1 heterocycles. The van der Waals surface area contributed by atoms with Crippen molar-refractivity contribution in [3.8, 4) is 5.75 Å². The van der Waals surface area contributed by atoms with Crippen LogP contribution in [-0.4, -0.2) is 38.7 Å². The molecule has 0 bridgehead atoms. The molecule has 0 saturated carbocycles. The van der Waals surface area contributed by atoms with Crippen LogP contribution in [0.5, 0.6) is 5.75 Å². The van der Waals surface area contributed by atoms with Crippen molar-refractivity contribution in [1.29, 1.82) is 0 Å². The first-order chi connectivity index (χ1) is 12.9. The first kappa shape index (κ1) is 20.3. The van der Waals surface area contributed by atoms with E-state index in [-0.39, 0.29) is 11.9 Å². The second-order valence-corrected chi connectivity index (χ2v) is 5.86. The number of carbonyl (C=O) groups excluding carboxylic acids is 1. The molecule has 0 amide bonds. The van der Waals surface area contributed by atoms with Gasteiger partial charge in [-0.05, 0) is 44.2 Å². The minimum Gasteiger partial charge on any atom is -0.489 e. The summed E-state index contributed by atoms with van der Waals surface area (Å²) >= 11 is 0. The van der Waals surface area contributed by atoms with Gasteiger partial charge in [0.05, 0.1) is 20.2 Å². The Morgan fingerprint density at radius 2 is 2.00 bits per heavy atom. The molecular weight excluding hydrogens is 353 g/mol. The van der Waals surface area contributed by atoms with Crippen LogP contribution in [0.1, 0.15) is 28.8 Å². The molecule has 0 saturated heterocycles. The van der Waals surface area contributed by atoms with Crippen molar-refractivity contribution in [2.24, 2.45) is 4.99 Å². The molecule has 2 rings (SSSR count). The van der Waals surface area contributed by atoms with E-state index in [1.54, 1.807) is 32.2 Å². The van der Waals surface area contributed by atoms with Crippen molar-refractivity contribution in [3.63, 3.8) is 0 Å². The molecule has 27 heavy (non-hydrogen) atoms. The summed E-state index contributed by atoms with van der Waals surface area (Å²) in [6.45, 7) is 4.44. The molecule has 1 unspecified atom stereocenters. The summed E-state index contributed by atoms with van der Waals surface area (Å²) in [4.78, 5) is 15.7. The van der Waals surface area contributed by atoms with Crippen molar-refractivity contribution in [3.05, 3.63) is 53.2 Å². The number of rotatable bonds is 7. The topological polar surface area (TPSA) is 85.1 Å². The first-order valence-corrected chi connectivity index (χ1v) is 8.47. The number of hydrogen-bond acceptors (Lipinski definition) is 5. The van der Waals surface area contributed by atoms with E-state index in [1.165, 1.54) is 19.2 Å². The third kappa shape index (κ3) is 6.02. The molecule has 1 aromatic carbocycles. The van der Waals surface area contributed by atoms with E-state index >= 15 is 0 Å². The maximum atomic E-state index is 12.9. The minimum atomic E-state index is -0.434. The molecule has 0 fully saturated rings. The molecule has 1 atom stereocenters. The zero-order chi connectivity index (χ0) is 19.8. The van der Waals surface area contributed by atoms with Gasteiger partial charge in [0.15, 0.2) is 5.96 Å². The number of benzene rings is 1. The summed E-state index contributed by atoms with van der Waals surface area (Å²) in [6, 6.07) is 7.50. The highest BCUT2D eigenvalue weighted by molar-refractivity contribution is 5.90. The fourth-order valence-electron chi connectivity index (χ4n) is 2.36. The van der Waals surface area contributed by atoms with Crippen molar-refractivity contribution in [2.45, 2.75) is 26.5 Å². The molecule has 1 aromatic heterocycles. The second kappa shape index (κ2) is 9.61. The summed E-state index contributed by atoms with van der Waals surface area (Å²) in [7, 11) is 2.97. The van der Waals surface area contributed by atoms with E-state index in [0.29, 0.717) is 41.9 Å². The smallest absolute Gasteiger partial charge is 0.341 e. The molecule has 0 aliphatic rings. The molecule has 0 radical (unpaired) electrons. The van der Waals surface area contributed by atoms with Gasteiger partial charge in [-0.2, -0.15) is 0 Å². The Morgan fingerprint density at radius 1 is 1.30 bits per heavy atom. The summed E-state index contributed by atoms with van der Waals surface area (Å²) in [5.41, 5.74) is 0.401. The van der Waals surface area contributed by atoms with Crippen LogP contribution >= 0.6 is 0 Å². The fourth-order valence-corrected chi connectivity index (χ4v) is 2.36. The van der Waals surface area contributed by atoms with Gasteiger partial charge in [0.2, 0.25) is 0 Å². The van der Waals surface area contributed by atoms with Crippen molar-refractivity contribution >= 4 is 11.9 Å². The molecule has 0 aliphatic carbocycles. The lowest BCUT2D eigenvalue weighted by atomic mass is 10.2. The maximum absolute atomic E-state index is 12.9. The average molecular weight is 377 g/mol. The minimum absolute atomic E-state index is 0.161. The number of nitrogens with zero attached hydrogens (tertiary/aromatic N) is 1. The van der Waals surface area contributed by atoms with E-state index in [4.69, 9.17) is 13.9 Å². The van der Waals surface area contributed by atoms with Gasteiger partial charge in [-0.15, -0.1) is 0 Å². The average Bonchev–Trinajstić information content (AvgIpc) is 3.03. The normalized spacial score (nSPS) is 12.4. The lowest BCUT2D eigenvalue weighted by Crippen LogP contribution is -2.41. The molecule has 2 aromatic rings. The maximum Gasteiger partial charge on any atom is 0.341 e. The van der Waals surface area contributed by atoms with Crippen molar-refractivity contribution in [1.82, 2.24) is 10.6 Å². The van der Waals surface area contributed by atoms with Gasteiger partial charge in [-0.25, -0.2) is 9.18 Å². The van der Waals surface area contributed by atoms with E-state index < -0.39 is 5.97 Å². The molecule has 0 aliphatic heterocycles. The summed E-state index contributed by atoms with van der Waals surface area (Å²) in [5.74, 6) is 1.50. The predicted octanol–water partition coefficient (Wildman–Crippen LogP) is 2.65. The van der Waals surface area contributed by atoms with Crippen LogP contribution < -0.4 is 15.4 Å². The highest BCUT2D eigenvalue weighted by atomic mass is 19.1. The SMILES string of the molecule is CN=C(NCc1cc(C(=O)OC)c(C)o1)NCC(C)Oc1ccc(F)cc1. The highest BCUT2D eigenvalue weighted by Gasteiger charge is 2.15. The predicted molar refractivity (Wildman–Crippen MR) is 99.5 cm³/mol. The molecule has 2 N–H and O–H groups in total. The Kier molecular flexibility index (Phi) is 7.22. The Balaban J connectivity index is 1.82. The molecule has 7 nitrogen and oxygen atoms in total. The van der Waals surface area contributed by atoms with E-state index in [9.17, 15) is 9.18 Å². The van der Waals surface area contributed by atoms with Crippen LogP contribution in [0.4, 0.5) is 4.39 Å². The molecular formula is C19H24FN3O4. The number of guanidine groups is 1. The van der Waals surface area contributed by atoms with Crippen LogP contribution in [-0.2, 0) is 11.3 Å². The van der Waals surface area contributed by atoms with Gasteiger partial charge in [0.25, 0.3) is 0 Å². The summed E-state index contributed by atoms with van der Waals surface area (Å²) in [6.07, 6.45) is -0.161. The number of hydrogen-bond donors (Lipinski definition) is 2. The monoisotopic (exact) mass is 377 g/mol. The van der Waals surface area contributed by atoms with Gasteiger partial charge in [-0.3, -0.25) is 4.99 Å². The fraction of sp³-hybridized carbons (Fsp3) is 0.368. The number of halogens is 1. The molecule has 8 heteroatoms. The van der Waals surface area contributed by atoms with Crippen molar-refractivity contribution in [2.75, 3.05) is 20.7 Å². The lowest BCUT2D eigenvalue weighted by molar-refractivity contribution is 0.0599. The van der Waals surface area contributed by atoms with E-state index in [2.05, 4.69) is 15.6 Å². The van der Waals surface area contributed by atoms with E-state index in [1.807, 2.05) is 6.92 Å². The first-order valence-electron chi connectivity index (χ1n) is 8.47. The third-order valence-corrected chi connectivity index (χ3v) is 3.74. The summed E-state index contributed by atoms with van der Waals surface area (Å²) in [5, 5.41) is 6.23. The lowest BCUT2D eigenvalue weighted by Gasteiger charge is -2.17. The number of aliphatic imine (C=N–C) groups is 1. The Labute approximate surface area is 157 Å². The van der Waals surface area contributed by atoms with Crippen molar-refractivity contribution < 1.29 is 23.1 Å². The number of ether oxygens (including phenoxy) is 2. The zero-order valence-electron chi connectivity index (χ0n) is 15.8. The van der Waals surface area contributed by atoms with Crippen LogP contribution in [0.15, 0.2) is 39.7 Å². The number of nitrogens with one attached hydrogen (secondary N) is 2. The number of aryl methyl sites for hydroxylation is 1. The Morgan fingerprint density at radius 3 is 2.63 bits per heavy atom. The third-order valence-electron chi connectivity index (χ3n) is 3.74. The number of furan rings is 1. The van der Waals surface area contributed by atoms with Gasteiger partial charge >= 0.3 is 5.97 Å². The molecule has 146 valence electrons. The number of carbonyl (C=O) groups is 1. The van der Waals surface area contributed by atoms with Gasteiger partial charge in [0.1, 0.15) is 34.8 Å². The van der Waals surface area contributed by atoms with Crippen LogP contribution in [0, 0.1) is 12.7 Å². The summed E-state index contributed by atoms with van der Waals surface area (Å²) < 4.78 is 28.9. The quantitative estimate of drug-likeness (QED) is 0.438.